The van der Waals surface area contributed by atoms with E-state index in [1.54, 1.807) is 0 Å². The monoisotopic (exact) mass is 171 g/mol. The van der Waals surface area contributed by atoms with Crippen LogP contribution in [-0.2, 0) is 9.53 Å². The van der Waals surface area contributed by atoms with Gasteiger partial charge in [0, 0.05) is 12.5 Å². The molecule has 12 heavy (non-hydrogen) atoms. The van der Waals surface area contributed by atoms with Gasteiger partial charge in [0.2, 0.25) is 0 Å². The first-order valence-electron chi connectivity index (χ1n) is 4.70. The lowest BCUT2D eigenvalue weighted by Gasteiger charge is -2.17. The van der Waals surface area contributed by atoms with Crippen molar-refractivity contribution in [2.75, 3.05) is 6.61 Å². The molecule has 0 aromatic carbocycles. The maximum atomic E-state index is 11.1. The van der Waals surface area contributed by atoms with Gasteiger partial charge in [-0.05, 0) is 12.8 Å². The summed E-state index contributed by atoms with van der Waals surface area (Å²) in [5, 5.41) is 3.29. The van der Waals surface area contributed by atoms with Gasteiger partial charge in [0.1, 0.15) is 6.04 Å². The van der Waals surface area contributed by atoms with Crippen molar-refractivity contribution >= 4 is 5.97 Å². The smallest absolute Gasteiger partial charge is 0.323 e. The van der Waals surface area contributed by atoms with Gasteiger partial charge >= 0.3 is 5.97 Å². The fourth-order valence-electron chi connectivity index (χ4n) is 1.46. The molecule has 3 nitrogen and oxygen atoms in total. The summed E-state index contributed by atoms with van der Waals surface area (Å²) in [6.07, 6.45) is 2.97. The first-order valence-corrected chi connectivity index (χ1v) is 4.70. The van der Waals surface area contributed by atoms with Gasteiger partial charge in [0.15, 0.2) is 0 Å². The van der Waals surface area contributed by atoms with Crippen molar-refractivity contribution in [1.29, 1.82) is 0 Å². The van der Waals surface area contributed by atoms with Gasteiger partial charge in [-0.25, -0.2) is 0 Å². The van der Waals surface area contributed by atoms with Crippen LogP contribution in [0.2, 0.25) is 0 Å². The Bertz CT molecular complexity index is 155. The van der Waals surface area contributed by atoms with Gasteiger partial charge in [0.05, 0.1) is 6.61 Å². The second-order valence-corrected chi connectivity index (χ2v) is 3.19. The van der Waals surface area contributed by atoms with Gasteiger partial charge in [-0.2, -0.15) is 0 Å². The van der Waals surface area contributed by atoms with E-state index in [4.69, 9.17) is 4.74 Å². The second-order valence-electron chi connectivity index (χ2n) is 3.19. The van der Waals surface area contributed by atoms with Crippen LogP contribution in [0, 0.1) is 0 Å². The van der Waals surface area contributed by atoms with Crippen LogP contribution in [0.1, 0.15) is 33.1 Å². The van der Waals surface area contributed by atoms with Gasteiger partial charge < -0.3 is 10.1 Å². The Morgan fingerprint density at radius 1 is 1.58 bits per heavy atom. The van der Waals surface area contributed by atoms with Crippen LogP contribution in [0.5, 0.6) is 0 Å². The fourth-order valence-corrected chi connectivity index (χ4v) is 1.46. The quantitative estimate of drug-likeness (QED) is 0.643. The predicted molar refractivity (Wildman–Crippen MR) is 46.9 cm³/mol. The summed E-state index contributed by atoms with van der Waals surface area (Å²) in [7, 11) is 0. The van der Waals surface area contributed by atoms with Crippen molar-refractivity contribution < 1.29 is 9.53 Å². The molecule has 0 radical (unpaired) electrons. The lowest BCUT2D eigenvalue weighted by molar-refractivity contribution is -0.139. The van der Waals surface area contributed by atoms with Crippen LogP contribution in [0.25, 0.3) is 0 Å². The molecule has 1 N–H and O–H groups in total. The average Bonchev–Trinajstić information content (AvgIpc) is 2.47. The Hall–Kier alpha value is -0.570. The highest BCUT2D eigenvalue weighted by atomic mass is 16.5. The third-order valence-corrected chi connectivity index (χ3v) is 2.36. The molecule has 0 spiro atoms. The number of carbonyl (C=O) groups excluding carboxylic acids is 1. The van der Waals surface area contributed by atoms with E-state index in [0.717, 1.165) is 19.3 Å². The number of esters is 1. The van der Waals surface area contributed by atoms with Crippen LogP contribution in [0.3, 0.4) is 0 Å². The Kier molecular flexibility index (Phi) is 3.53. The molecule has 0 aromatic heterocycles. The SMILES string of the molecule is CCC(CC)NC1CCOC1=O. The van der Waals surface area contributed by atoms with Crippen molar-refractivity contribution in [3.8, 4) is 0 Å². The number of cyclic esters (lactones) is 1. The summed E-state index contributed by atoms with van der Waals surface area (Å²) in [5.74, 6) is -0.0816. The van der Waals surface area contributed by atoms with Crippen LogP contribution in [0.15, 0.2) is 0 Å². The minimum atomic E-state index is -0.0816. The molecule has 0 saturated carbocycles. The summed E-state index contributed by atoms with van der Waals surface area (Å²) in [5.41, 5.74) is 0. The minimum absolute atomic E-state index is 0.0464. The predicted octanol–water partition coefficient (Wildman–Crippen LogP) is 1.08. The first-order chi connectivity index (χ1) is 5.77. The molecule has 1 unspecified atom stereocenters. The second kappa shape index (κ2) is 4.45. The molecular weight excluding hydrogens is 154 g/mol. The van der Waals surface area contributed by atoms with E-state index in [1.165, 1.54) is 0 Å². The van der Waals surface area contributed by atoms with Crippen molar-refractivity contribution in [1.82, 2.24) is 5.32 Å². The molecule has 0 amide bonds. The Balaban J connectivity index is 2.33. The van der Waals surface area contributed by atoms with E-state index >= 15 is 0 Å². The van der Waals surface area contributed by atoms with E-state index in [1.807, 2.05) is 0 Å². The number of hydrogen-bond acceptors (Lipinski definition) is 3. The largest absolute Gasteiger partial charge is 0.464 e. The molecular formula is C9H17NO2. The summed E-state index contributed by atoms with van der Waals surface area (Å²) in [6, 6.07) is 0.413. The van der Waals surface area contributed by atoms with Crippen molar-refractivity contribution in [2.24, 2.45) is 0 Å². The Morgan fingerprint density at radius 3 is 2.67 bits per heavy atom. The Labute approximate surface area is 73.5 Å². The van der Waals surface area contributed by atoms with Crippen LogP contribution >= 0.6 is 0 Å². The highest BCUT2D eigenvalue weighted by Gasteiger charge is 2.27. The normalized spacial score (nSPS) is 23.2. The molecule has 0 aromatic rings. The first kappa shape index (κ1) is 9.52. The Morgan fingerprint density at radius 2 is 2.25 bits per heavy atom. The van der Waals surface area contributed by atoms with E-state index in [-0.39, 0.29) is 12.0 Å². The van der Waals surface area contributed by atoms with E-state index in [2.05, 4.69) is 19.2 Å². The van der Waals surface area contributed by atoms with Crippen LogP contribution < -0.4 is 5.32 Å². The van der Waals surface area contributed by atoms with Gasteiger partial charge in [-0.3, -0.25) is 4.79 Å². The lowest BCUT2D eigenvalue weighted by Crippen LogP contribution is -2.40. The van der Waals surface area contributed by atoms with E-state index in [9.17, 15) is 4.79 Å². The molecule has 1 heterocycles. The van der Waals surface area contributed by atoms with Gasteiger partial charge in [-0.15, -0.1) is 0 Å². The summed E-state index contributed by atoms with van der Waals surface area (Å²) in [4.78, 5) is 11.1. The zero-order valence-electron chi connectivity index (χ0n) is 7.80. The molecule has 70 valence electrons. The highest BCUT2D eigenvalue weighted by Crippen LogP contribution is 2.08. The number of ether oxygens (including phenoxy) is 1. The highest BCUT2D eigenvalue weighted by molar-refractivity contribution is 5.77. The lowest BCUT2D eigenvalue weighted by atomic mass is 10.1. The summed E-state index contributed by atoms with van der Waals surface area (Å²) >= 11 is 0. The number of nitrogens with one attached hydrogen (secondary N) is 1. The van der Waals surface area contributed by atoms with Crippen LogP contribution in [-0.4, -0.2) is 24.7 Å². The molecule has 1 atom stereocenters. The molecule has 0 bridgehead atoms. The fraction of sp³-hybridized carbons (Fsp3) is 0.889. The van der Waals surface area contributed by atoms with E-state index in [0.29, 0.717) is 12.6 Å². The maximum absolute atomic E-state index is 11.1. The van der Waals surface area contributed by atoms with Crippen LogP contribution in [0.4, 0.5) is 0 Å². The van der Waals surface area contributed by atoms with E-state index < -0.39 is 0 Å². The zero-order chi connectivity index (χ0) is 8.97. The maximum Gasteiger partial charge on any atom is 0.323 e. The number of carbonyl (C=O) groups is 1. The van der Waals surface area contributed by atoms with Crippen molar-refractivity contribution in [3.63, 3.8) is 0 Å². The third-order valence-electron chi connectivity index (χ3n) is 2.36. The molecule has 1 fully saturated rings. The van der Waals surface area contributed by atoms with Gasteiger partial charge in [-0.1, -0.05) is 13.8 Å². The number of rotatable bonds is 4. The molecule has 1 rings (SSSR count). The van der Waals surface area contributed by atoms with Crippen molar-refractivity contribution in [2.45, 2.75) is 45.2 Å². The third kappa shape index (κ3) is 2.21. The molecule has 0 aliphatic carbocycles. The average molecular weight is 171 g/mol. The zero-order valence-corrected chi connectivity index (χ0v) is 7.80. The molecule has 3 heteroatoms. The summed E-state index contributed by atoms with van der Waals surface area (Å²) in [6.45, 7) is 4.83. The molecule has 1 aliphatic rings. The van der Waals surface area contributed by atoms with Crippen molar-refractivity contribution in [3.05, 3.63) is 0 Å². The standard InChI is InChI=1S/C9H17NO2/c1-3-7(4-2)10-8-5-6-12-9(8)11/h7-8,10H,3-6H2,1-2H3. The molecule has 1 saturated heterocycles. The molecule has 1 aliphatic heterocycles. The van der Waals surface area contributed by atoms with Gasteiger partial charge in [0.25, 0.3) is 0 Å². The number of hydrogen-bond donors (Lipinski definition) is 1. The minimum Gasteiger partial charge on any atom is -0.464 e. The summed E-state index contributed by atoms with van der Waals surface area (Å²) < 4.78 is 4.85. The topological polar surface area (TPSA) is 38.3 Å².